The third-order valence-corrected chi connectivity index (χ3v) is 4.33. The standard InChI is InChI=1S/C18H12F3N3O2/c19-18(20,21)17-22-13-7-3-4-8-14(13)23(17)9-10-24-15(25)11-5-1-2-6-12(11)16(24)26/h1-8H,9-10H2. The van der Waals surface area contributed by atoms with Crippen LogP contribution in [0, 0.1) is 0 Å². The SMILES string of the molecule is O=C1c2ccccc2C(=O)N1CCn1c(C(F)(F)F)nc2ccccc21. The van der Waals surface area contributed by atoms with Crippen LogP contribution in [-0.2, 0) is 12.7 Å². The van der Waals surface area contributed by atoms with Gasteiger partial charge >= 0.3 is 6.18 Å². The van der Waals surface area contributed by atoms with E-state index in [0.29, 0.717) is 5.52 Å². The molecule has 1 aliphatic heterocycles. The van der Waals surface area contributed by atoms with Crippen LogP contribution in [0.2, 0.25) is 0 Å². The number of benzene rings is 2. The van der Waals surface area contributed by atoms with Crippen molar-refractivity contribution in [2.24, 2.45) is 0 Å². The van der Waals surface area contributed by atoms with Crippen molar-refractivity contribution in [3.8, 4) is 0 Å². The maximum Gasteiger partial charge on any atom is 0.449 e. The Kier molecular flexibility index (Phi) is 3.57. The van der Waals surface area contributed by atoms with Crippen LogP contribution in [0.25, 0.3) is 11.0 Å². The maximum atomic E-state index is 13.3. The van der Waals surface area contributed by atoms with Crippen LogP contribution in [-0.4, -0.2) is 32.8 Å². The number of alkyl halides is 3. The number of hydrogen-bond donors (Lipinski definition) is 0. The molecule has 5 nitrogen and oxygen atoms in total. The van der Waals surface area contributed by atoms with Gasteiger partial charge in [0.25, 0.3) is 11.8 Å². The van der Waals surface area contributed by atoms with Crippen molar-refractivity contribution in [2.45, 2.75) is 12.7 Å². The molecule has 2 heterocycles. The molecule has 0 saturated heterocycles. The monoisotopic (exact) mass is 359 g/mol. The fourth-order valence-corrected chi connectivity index (χ4v) is 3.16. The molecule has 8 heteroatoms. The smallest absolute Gasteiger partial charge is 0.319 e. The zero-order valence-electron chi connectivity index (χ0n) is 13.3. The van der Waals surface area contributed by atoms with E-state index in [0.717, 1.165) is 9.47 Å². The lowest BCUT2D eigenvalue weighted by Crippen LogP contribution is -2.33. The second-order valence-corrected chi connectivity index (χ2v) is 5.88. The molecule has 2 amide bonds. The van der Waals surface area contributed by atoms with Gasteiger partial charge in [-0.3, -0.25) is 14.5 Å². The van der Waals surface area contributed by atoms with Crippen LogP contribution in [0.15, 0.2) is 48.5 Å². The van der Waals surface area contributed by atoms with Crippen LogP contribution in [0.1, 0.15) is 26.5 Å². The average Bonchev–Trinajstić information content (AvgIpc) is 3.11. The molecule has 1 aromatic heterocycles. The number of imide groups is 1. The predicted octanol–water partition coefficient (Wildman–Crippen LogP) is 3.35. The third-order valence-electron chi connectivity index (χ3n) is 4.33. The number of nitrogens with zero attached hydrogens (tertiary/aromatic N) is 3. The van der Waals surface area contributed by atoms with E-state index in [1.165, 1.54) is 24.3 Å². The molecule has 132 valence electrons. The van der Waals surface area contributed by atoms with Gasteiger partial charge in [0.05, 0.1) is 22.2 Å². The lowest BCUT2D eigenvalue weighted by molar-refractivity contribution is -0.146. The minimum Gasteiger partial charge on any atom is -0.319 e. The number of rotatable bonds is 3. The van der Waals surface area contributed by atoms with Crippen molar-refractivity contribution in [2.75, 3.05) is 6.54 Å². The van der Waals surface area contributed by atoms with E-state index in [1.807, 2.05) is 0 Å². The van der Waals surface area contributed by atoms with E-state index in [-0.39, 0.29) is 29.7 Å². The molecule has 0 unspecified atom stereocenters. The minimum atomic E-state index is -4.64. The Hall–Kier alpha value is -3.16. The summed E-state index contributed by atoms with van der Waals surface area (Å²) in [6.45, 7) is -0.364. The van der Waals surface area contributed by atoms with Crippen molar-refractivity contribution < 1.29 is 22.8 Å². The Balaban J connectivity index is 1.67. The van der Waals surface area contributed by atoms with E-state index in [9.17, 15) is 22.8 Å². The summed E-state index contributed by atoms with van der Waals surface area (Å²) in [5.74, 6) is -2.04. The van der Waals surface area contributed by atoms with Gasteiger partial charge < -0.3 is 4.57 Å². The van der Waals surface area contributed by atoms with Gasteiger partial charge in [0.2, 0.25) is 5.82 Å². The number of hydrogen-bond acceptors (Lipinski definition) is 3. The molecular formula is C18H12F3N3O2. The number of amides is 2. The first kappa shape index (κ1) is 16.3. The average molecular weight is 359 g/mol. The van der Waals surface area contributed by atoms with Gasteiger partial charge in [-0.1, -0.05) is 24.3 Å². The molecule has 0 saturated carbocycles. The van der Waals surface area contributed by atoms with Crippen molar-refractivity contribution >= 4 is 22.8 Å². The van der Waals surface area contributed by atoms with Gasteiger partial charge in [0.1, 0.15) is 0 Å². The highest BCUT2D eigenvalue weighted by molar-refractivity contribution is 6.21. The molecule has 0 N–H and O–H groups in total. The fraction of sp³-hybridized carbons (Fsp3) is 0.167. The van der Waals surface area contributed by atoms with Gasteiger partial charge in [0, 0.05) is 13.1 Å². The normalized spacial score (nSPS) is 14.3. The van der Waals surface area contributed by atoms with Gasteiger partial charge in [-0.15, -0.1) is 0 Å². The van der Waals surface area contributed by atoms with Gasteiger partial charge in [-0.2, -0.15) is 13.2 Å². The van der Waals surface area contributed by atoms with E-state index in [2.05, 4.69) is 4.98 Å². The number of imidazole rings is 1. The first-order chi connectivity index (χ1) is 12.4. The van der Waals surface area contributed by atoms with Crippen molar-refractivity contribution in [1.29, 1.82) is 0 Å². The molecular weight excluding hydrogens is 347 g/mol. The topological polar surface area (TPSA) is 55.2 Å². The lowest BCUT2D eigenvalue weighted by Gasteiger charge is -2.16. The summed E-state index contributed by atoms with van der Waals surface area (Å²) in [6, 6.07) is 12.6. The summed E-state index contributed by atoms with van der Waals surface area (Å²) in [5, 5.41) is 0. The summed E-state index contributed by atoms with van der Waals surface area (Å²) >= 11 is 0. The second kappa shape index (κ2) is 5.69. The Morgan fingerprint density at radius 2 is 1.42 bits per heavy atom. The van der Waals surface area contributed by atoms with Crippen LogP contribution >= 0.6 is 0 Å². The van der Waals surface area contributed by atoms with Crippen molar-refractivity contribution in [3.05, 3.63) is 65.5 Å². The Morgan fingerprint density at radius 1 is 0.846 bits per heavy atom. The summed E-state index contributed by atoms with van der Waals surface area (Å²) < 4.78 is 41.0. The van der Waals surface area contributed by atoms with E-state index >= 15 is 0 Å². The Morgan fingerprint density at radius 3 is 2.04 bits per heavy atom. The number of aromatic nitrogens is 2. The van der Waals surface area contributed by atoms with Crippen LogP contribution in [0.3, 0.4) is 0 Å². The molecule has 2 aromatic carbocycles. The lowest BCUT2D eigenvalue weighted by atomic mass is 10.1. The van der Waals surface area contributed by atoms with Crippen molar-refractivity contribution in [1.82, 2.24) is 14.5 Å². The summed E-state index contributed by atoms with van der Waals surface area (Å²) in [7, 11) is 0. The fourth-order valence-electron chi connectivity index (χ4n) is 3.16. The molecule has 0 spiro atoms. The van der Waals surface area contributed by atoms with Gasteiger partial charge in [0.15, 0.2) is 0 Å². The number of para-hydroxylation sites is 2. The highest BCUT2D eigenvalue weighted by atomic mass is 19.4. The molecule has 4 rings (SSSR count). The minimum absolute atomic E-state index is 0.171. The predicted molar refractivity (Wildman–Crippen MR) is 86.5 cm³/mol. The molecule has 0 atom stereocenters. The zero-order chi connectivity index (χ0) is 18.5. The maximum absolute atomic E-state index is 13.3. The van der Waals surface area contributed by atoms with Crippen molar-refractivity contribution in [3.63, 3.8) is 0 Å². The van der Waals surface area contributed by atoms with Crippen LogP contribution < -0.4 is 0 Å². The number of carbonyl (C=O) groups excluding carboxylic acids is 2. The molecule has 1 aliphatic rings. The summed E-state index contributed by atoms with van der Waals surface area (Å²) in [5.41, 5.74) is 1.05. The molecule has 3 aromatic rings. The van der Waals surface area contributed by atoms with E-state index < -0.39 is 23.8 Å². The quantitative estimate of drug-likeness (QED) is 0.674. The zero-order valence-corrected chi connectivity index (χ0v) is 13.3. The first-order valence-corrected chi connectivity index (χ1v) is 7.85. The van der Waals surface area contributed by atoms with Gasteiger partial charge in [-0.25, -0.2) is 4.98 Å². The number of halogens is 3. The molecule has 0 bridgehead atoms. The summed E-state index contributed by atoms with van der Waals surface area (Å²) in [6.07, 6.45) is -4.64. The van der Waals surface area contributed by atoms with Crippen LogP contribution in [0.4, 0.5) is 13.2 Å². The number of carbonyl (C=O) groups is 2. The Bertz CT molecular complexity index is 1000. The summed E-state index contributed by atoms with van der Waals surface area (Å²) in [4.78, 5) is 29.4. The largest absolute Gasteiger partial charge is 0.449 e. The van der Waals surface area contributed by atoms with Gasteiger partial charge in [-0.05, 0) is 24.3 Å². The van der Waals surface area contributed by atoms with Crippen LogP contribution in [0.5, 0.6) is 0 Å². The number of fused-ring (bicyclic) bond motifs is 2. The first-order valence-electron chi connectivity index (χ1n) is 7.85. The highest BCUT2D eigenvalue weighted by Crippen LogP contribution is 2.31. The highest BCUT2D eigenvalue weighted by Gasteiger charge is 2.39. The molecule has 0 fully saturated rings. The third kappa shape index (κ3) is 2.45. The van der Waals surface area contributed by atoms with E-state index in [1.54, 1.807) is 24.3 Å². The molecule has 0 radical (unpaired) electrons. The molecule has 0 aliphatic carbocycles. The second-order valence-electron chi connectivity index (χ2n) is 5.88. The van der Waals surface area contributed by atoms with E-state index in [4.69, 9.17) is 0 Å². The molecule has 26 heavy (non-hydrogen) atoms. The Labute approximate surface area is 145 Å².